The number of hydrazone groups is 1. The summed E-state index contributed by atoms with van der Waals surface area (Å²) >= 11 is 0. The highest BCUT2D eigenvalue weighted by molar-refractivity contribution is 6.07. The summed E-state index contributed by atoms with van der Waals surface area (Å²) in [5.74, 6) is -0.441. The SMILES string of the molecule is CN(C)CC(=O)[N+]1([O-])CC(=Cc2ccccc2)C2=NN(C)C(c3ccccc3)C2C1. The molecule has 6 nitrogen and oxygen atoms in total. The van der Waals surface area contributed by atoms with Gasteiger partial charge in [-0.25, -0.2) is 4.79 Å². The van der Waals surface area contributed by atoms with E-state index in [9.17, 15) is 10.0 Å². The Kier molecular flexibility index (Phi) is 5.56. The van der Waals surface area contributed by atoms with Crippen molar-refractivity contribution in [2.75, 3.05) is 40.8 Å². The van der Waals surface area contributed by atoms with Crippen molar-refractivity contribution in [1.82, 2.24) is 9.91 Å². The number of hydrogen-bond acceptors (Lipinski definition) is 5. The van der Waals surface area contributed by atoms with Gasteiger partial charge >= 0.3 is 5.91 Å². The lowest BCUT2D eigenvalue weighted by molar-refractivity contribution is -0.803. The molecule has 2 aliphatic heterocycles. The summed E-state index contributed by atoms with van der Waals surface area (Å²) in [6.07, 6.45) is 2.01. The Balaban J connectivity index is 1.76. The molecule has 0 spiro atoms. The molecule has 3 unspecified atom stereocenters. The minimum Gasteiger partial charge on any atom is -0.625 e. The van der Waals surface area contributed by atoms with E-state index in [1.807, 2.05) is 80.8 Å². The van der Waals surface area contributed by atoms with Crippen molar-refractivity contribution in [2.45, 2.75) is 6.04 Å². The average molecular weight is 405 g/mol. The van der Waals surface area contributed by atoms with Crippen molar-refractivity contribution in [1.29, 1.82) is 0 Å². The number of rotatable bonds is 4. The van der Waals surface area contributed by atoms with Gasteiger partial charge < -0.3 is 5.21 Å². The monoisotopic (exact) mass is 404 g/mol. The number of carbonyl (C=O) groups is 1. The zero-order chi connectivity index (χ0) is 21.3. The van der Waals surface area contributed by atoms with Gasteiger partial charge in [-0.1, -0.05) is 60.7 Å². The standard InChI is InChI=1S/C24H28N4O2/c1-26(2)15-22(29)28(30)16-20(14-18-10-6-4-7-11-18)23-21(17-28)24(27(3)25-23)19-12-8-5-9-13-19/h4-14,21,24H,15-17H2,1-3H3. The zero-order valence-electron chi connectivity index (χ0n) is 17.7. The summed E-state index contributed by atoms with van der Waals surface area (Å²) in [6, 6.07) is 20.0. The number of hydroxylamine groups is 3. The van der Waals surface area contributed by atoms with Crippen molar-refractivity contribution < 1.29 is 9.44 Å². The van der Waals surface area contributed by atoms with E-state index in [-0.39, 0.29) is 37.5 Å². The van der Waals surface area contributed by atoms with Gasteiger partial charge in [0.15, 0.2) is 0 Å². The highest BCUT2D eigenvalue weighted by Gasteiger charge is 2.48. The molecule has 2 heterocycles. The van der Waals surface area contributed by atoms with Crippen LogP contribution in [0.1, 0.15) is 17.2 Å². The van der Waals surface area contributed by atoms with Crippen LogP contribution in [0.5, 0.6) is 0 Å². The van der Waals surface area contributed by atoms with Gasteiger partial charge in [0.1, 0.15) is 13.1 Å². The third-order valence-corrected chi connectivity index (χ3v) is 5.83. The maximum absolute atomic E-state index is 13.8. The van der Waals surface area contributed by atoms with Crippen LogP contribution < -0.4 is 0 Å². The Morgan fingerprint density at radius 3 is 2.43 bits per heavy atom. The number of nitrogens with zero attached hydrogens (tertiary/aromatic N) is 4. The van der Waals surface area contributed by atoms with Crippen molar-refractivity contribution >= 4 is 17.7 Å². The number of hydrogen-bond donors (Lipinski definition) is 0. The fraction of sp³-hybridized carbons (Fsp3) is 0.333. The van der Waals surface area contributed by atoms with Crippen LogP contribution in [0.25, 0.3) is 6.08 Å². The lowest BCUT2D eigenvalue weighted by Gasteiger charge is -2.47. The molecular weight excluding hydrogens is 376 g/mol. The van der Waals surface area contributed by atoms with Gasteiger partial charge in [0, 0.05) is 12.6 Å². The number of quaternary nitrogens is 1. The summed E-state index contributed by atoms with van der Waals surface area (Å²) in [7, 11) is 5.58. The Hall–Kier alpha value is -2.80. The highest BCUT2D eigenvalue weighted by Crippen LogP contribution is 2.41. The fourth-order valence-electron chi connectivity index (χ4n) is 4.50. The first-order valence-corrected chi connectivity index (χ1v) is 10.3. The molecule has 2 aromatic carbocycles. The van der Waals surface area contributed by atoms with Gasteiger partial charge in [-0.05, 0) is 31.3 Å². The topological polar surface area (TPSA) is 59.0 Å². The molecule has 0 radical (unpaired) electrons. The maximum Gasteiger partial charge on any atom is 0.328 e. The third kappa shape index (κ3) is 3.94. The second-order valence-electron chi connectivity index (χ2n) is 8.46. The predicted molar refractivity (Wildman–Crippen MR) is 119 cm³/mol. The van der Waals surface area contributed by atoms with E-state index in [0.29, 0.717) is 0 Å². The van der Waals surface area contributed by atoms with Crippen LogP contribution in [0.4, 0.5) is 0 Å². The molecule has 2 aromatic rings. The summed E-state index contributed by atoms with van der Waals surface area (Å²) in [6.45, 7) is 0.459. The second-order valence-corrected chi connectivity index (χ2v) is 8.46. The van der Waals surface area contributed by atoms with Crippen molar-refractivity contribution in [3.63, 3.8) is 0 Å². The second kappa shape index (κ2) is 8.14. The zero-order valence-corrected chi connectivity index (χ0v) is 17.7. The Morgan fingerprint density at radius 2 is 1.80 bits per heavy atom. The molecule has 156 valence electrons. The normalized spacial score (nSPS) is 27.3. The van der Waals surface area contributed by atoms with Crippen LogP contribution in [-0.4, -0.2) is 67.0 Å². The van der Waals surface area contributed by atoms with Gasteiger partial charge in [0.25, 0.3) is 0 Å². The van der Waals surface area contributed by atoms with Crippen molar-refractivity contribution in [2.24, 2.45) is 11.0 Å². The number of amides is 1. The van der Waals surface area contributed by atoms with Gasteiger partial charge in [-0.15, -0.1) is 0 Å². The fourth-order valence-corrected chi connectivity index (χ4v) is 4.50. The van der Waals surface area contributed by atoms with E-state index in [1.165, 1.54) is 0 Å². The minimum absolute atomic E-state index is 0.0562. The first-order valence-electron chi connectivity index (χ1n) is 10.3. The van der Waals surface area contributed by atoms with E-state index in [2.05, 4.69) is 12.1 Å². The van der Waals surface area contributed by atoms with Crippen molar-refractivity contribution in [3.8, 4) is 0 Å². The van der Waals surface area contributed by atoms with Gasteiger partial charge in [0.2, 0.25) is 0 Å². The number of carbonyl (C=O) groups excluding carboxylic acids is 1. The Bertz CT molecular complexity index is 971. The number of benzene rings is 2. The Morgan fingerprint density at radius 1 is 1.17 bits per heavy atom. The van der Waals surface area contributed by atoms with E-state index >= 15 is 0 Å². The summed E-state index contributed by atoms with van der Waals surface area (Å²) in [4.78, 5) is 14.7. The van der Waals surface area contributed by atoms with Crippen LogP contribution in [0.3, 0.4) is 0 Å². The average Bonchev–Trinajstić information content (AvgIpc) is 3.04. The maximum atomic E-state index is 13.8. The molecular formula is C24H28N4O2. The van der Waals surface area contributed by atoms with Crippen LogP contribution >= 0.6 is 0 Å². The van der Waals surface area contributed by atoms with Crippen LogP contribution in [-0.2, 0) is 4.79 Å². The summed E-state index contributed by atoms with van der Waals surface area (Å²) in [5.41, 5.74) is 3.90. The molecule has 6 heteroatoms. The molecule has 1 saturated heterocycles. The van der Waals surface area contributed by atoms with E-state index in [1.54, 1.807) is 4.90 Å². The number of likely N-dealkylation sites (tertiary alicyclic amines) is 1. The van der Waals surface area contributed by atoms with Crippen molar-refractivity contribution in [3.05, 3.63) is 82.6 Å². The molecule has 0 N–H and O–H groups in total. The quantitative estimate of drug-likeness (QED) is 0.580. The molecule has 3 atom stereocenters. The van der Waals surface area contributed by atoms with E-state index in [4.69, 9.17) is 5.10 Å². The first kappa shape index (κ1) is 20.5. The predicted octanol–water partition coefficient (Wildman–Crippen LogP) is 3.15. The molecule has 0 bridgehead atoms. The van der Waals surface area contributed by atoms with Gasteiger partial charge in [0.05, 0.1) is 24.2 Å². The molecule has 1 fully saturated rings. The Labute approximate surface area is 177 Å². The lowest BCUT2D eigenvalue weighted by atomic mass is 9.82. The van der Waals surface area contributed by atoms with E-state index < -0.39 is 4.65 Å². The molecule has 30 heavy (non-hydrogen) atoms. The molecule has 0 aromatic heterocycles. The molecule has 2 aliphatic rings. The van der Waals surface area contributed by atoms with E-state index in [0.717, 1.165) is 22.4 Å². The van der Waals surface area contributed by atoms with Gasteiger partial charge in [-0.3, -0.25) is 14.6 Å². The number of likely N-dealkylation sites (N-methyl/N-ethyl adjacent to an activating group) is 1. The number of piperidine rings is 1. The molecule has 0 aliphatic carbocycles. The molecule has 1 amide bonds. The molecule has 4 rings (SSSR count). The summed E-state index contributed by atoms with van der Waals surface area (Å²) in [5, 5.41) is 20.6. The highest BCUT2D eigenvalue weighted by atomic mass is 16.6. The van der Waals surface area contributed by atoms with Crippen LogP contribution in [0.2, 0.25) is 0 Å². The number of fused-ring (bicyclic) bond motifs is 1. The first-order chi connectivity index (χ1) is 14.4. The van der Waals surface area contributed by atoms with Crippen LogP contribution in [0.15, 0.2) is 71.3 Å². The lowest BCUT2D eigenvalue weighted by Crippen LogP contribution is -2.59. The molecule has 0 saturated carbocycles. The summed E-state index contributed by atoms with van der Waals surface area (Å²) < 4.78 is -0.849. The van der Waals surface area contributed by atoms with Crippen LogP contribution in [0, 0.1) is 11.1 Å². The van der Waals surface area contributed by atoms with Gasteiger partial charge in [-0.2, -0.15) is 5.10 Å². The third-order valence-electron chi connectivity index (χ3n) is 5.83. The minimum atomic E-state index is -0.849. The smallest absolute Gasteiger partial charge is 0.328 e. The largest absolute Gasteiger partial charge is 0.625 e.